The topological polar surface area (TPSA) is 115 Å². The Morgan fingerprint density at radius 3 is 2.61 bits per heavy atom. The molecule has 1 unspecified atom stereocenters. The number of rotatable bonds is 6. The highest BCUT2D eigenvalue weighted by Crippen LogP contribution is 2.37. The van der Waals surface area contributed by atoms with Gasteiger partial charge in [0, 0.05) is 47.3 Å². The number of aromatic nitrogens is 3. The second-order valence-electron chi connectivity index (χ2n) is 9.00. The molecule has 0 radical (unpaired) electrons. The van der Waals surface area contributed by atoms with Gasteiger partial charge in [0.25, 0.3) is 5.91 Å². The summed E-state index contributed by atoms with van der Waals surface area (Å²) in [7, 11) is 0. The lowest BCUT2D eigenvalue weighted by Gasteiger charge is -2.38. The molecule has 2 aromatic heterocycles. The number of ether oxygens (including phenoxy) is 2. The Morgan fingerprint density at radius 1 is 1.17 bits per heavy atom. The molecule has 9 nitrogen and oxygen atoms in total. The molecule has 5 rings (SSSR count). The number of nitrogens with one attached hydrogen (secondary N) is 1. The Labute approximate surface area is 218 Å². The number of benzene rings is 1. The molecule has 2 fully saturated rings. The van der Waals surface area contributed by atoms with Crippen molar-refractivity contribution in [2.75, 3.05) is 30.3 Å². The molecule has 3 N–H and O–H groups in total. The van der Waals surface area contributed by atoms with E-state index in [1.807, 2.05) is 6.07 Å². The van der Waals surface area contributed by atoms with Crippen molar-refractivity contribution in [3.05, 3.63) is 70.1 Å². The number of carbonyl (C=O) groups excluding carboxylic acids is 1. The number of pyridine rings is 1. The van der Waals surface area contributed by atoms with E-state index >= 15 is 0 Å². The first-order valence-corrected chi connectivity index (χ1v) is 12.5. The van der Waals surface area contributed by atoms with Gasteiger partial charge in [0.2, 0.25) is 5.95 Å². The van der Waals surface area contributed by atoms with Gasteiger partial charge in [0.05, 0.1) is 23.8 Å². The standard InChI is InChI=1S/C25H26Cl2N6O3/c26-19-3-1-4-20(27)18(19)15-35-21-11-16(13-31-22(21)28)23(34)32-17-12-25(36-14-17)5-9-33(10-6-25)24-29-7-2-8-30-24/h1-4,7-8,11,13,17H,5-6,9-10,12,14-15H2,(H2,28,31)(H,32,34). The van der Waals surface area contributed by atoms with E-state index in [4.69, 9.17) is 38.4 Å². The molecule has 1 amide bonds. The third kappa shape index (κ3) is 5.33. The minimum atomic E-state index is -0.260. The summed E-state index contributed by atoms with van der Waals surface area (Å²) >= 11 is 12.4. The third-order valence-electron chi connectivity index (χ3n) is 6.63. The average Bonchev–Trinajstić information content (AvgIpc) is 3.27. The quantitative estimate of drug-likeness (QED) is 0.494. The van der Waals surface area contributed by atoms with Gasteiger partial charge >= 0.3 is 0 Å². The van der Waals surface area contributed by atoms with E-state index in [-0.39, 0.29) is 35.7 Å². The number of hydrogen-bond acceptors (Lipinski definition) is 8. The second kappa shape index (κ2) is 10.5. The van der Waals surface area contributed by atoms with E-state index in [0.29, 0.717) is 27.8 Å². The van der Waals surface area contributed by atoms with Crippen LogP contribution in [-0.4, -0.2) is 52.2 Å². The zero-order valence-corrected chi connectivity index (χ0v) is 21.0. The van der Waals surface area contributed by atoms with Crippen LogP contribution in [0.2, 0.25) is 10.0 Å². The summed E-state index contributed by atoms with van der Waals surface area (Å²) in [6.45, 7) is 2.18. The van der Waals surface area contributed by atoms with Crippen molar-refractivity contribution in [1.29, 1.82) is 0 Å². The summed E-state index contributed by atoms with van der Waals surface area (Å²) in [5, 5.41) is 4.04. The lowest BCUT2D eigenvalue weighted by atomic mass is 9.87. The van der Waals surface area contributed by atoms with Crippen molar-refractivity contribution in [3.63, 3.8) is 0 Å². The molecular weight excluding hydrogens is 503 g/mol. The van der Waals surface area contributed by atoms with Crippen LogP contribution in [0.4, 0.5) is 11.8 Å². The second-order valence-corrected chi connectivity index (χ2v) is 9.82. The molecule has 1 spiro atoms. The molecular formula is C25H26Cl2N6O3. The molecule has 188 valence electrons. The minimum absolute atomic E-state index is 0.0964. The van der Waals surface area contributed by atoms with Crippen LogP contribution in [-0.2, 0) is 11.3 Å². The van der Waals surface area contributed by atoms with Gasteiger partial charge in [-0.15, -0.1) is 0 Å². The van der Waals surface area contributed by atoms with Crippen LogP contribution in [0.1, 0.15) is 35.2 Å². The number of halogens is 2. The Balaban J connectivity index is 1.18. The summed E-state index contributed by atoms with van der Waals surface area (Å²) in [4.78, 5) is 28.0. The predicted octanol–water partition coefficient (Wildman–Crippen LogP) is 3.90. The highest BCUT2D eigenvalue weighted by molar-refractivity contribution is 6.35. The lowest BCUT2D eigenvalue weighted by Crippen LogP contribution is -2.45. The maximum atomic E-state index is 13.0. The van der Waals surface area contributed by atoms with Crippen molar-refractivity contribution < 1.29 is 14.3 Å². The number of hydrogen-bond donors (Lipinski definition) is 2. The number of nitrogens with zero attached hydrogens (tertiary/aromatic N) is 4. The first-order valence-electron chi connectivity index (χ1n) is 11.7. The number of nitrogens with two attached hydrogens (primary N) is 1. The van der Waals surface area contributed by atoms with Crippen LogP contribution in [0.3, 0.4) is 0 Å². The number of amides is 1. The van der Waals surface area contributed by atoms with Crippen LogP contribution in [0.15, 0.2) is 48.9 Å². The van der Waals surface area contributed by atoms with E-state index in [2.05, 4.69) is 25.2 Å². The maximum absolute atomic E-state index is 13.0. The van der Waals surface area contributed by atoms with Gasteiger partial charge in [0.15, 0.2) is 11.6 Å². The minimum Gasteiger partial charge on any atom is -0.485 e. The normalized spacial score (nSPS) is 18.8. The Kier molecular flexibility index (Phi) is 7.13. The fourth-order valence-corrected chi connectivity index (χ4v) is 5.14. The Hall–Kier alpha value is -3.14. The van der Waals surface area contributed by atoms with Gasteiger partial charge in [-0.05, 0) is 43.5 Å². The zero-order chi connectivity index (χ0) is 25.1. The van der Waals surface area contributed by atoms with E-state index in [1.54, 1.807) is 36.7 Å². The molecule has 0 saturated carbocycles. The SMILES string of the molecule is Nc1ncc(C(=O)NC2COC3(CCN(c4ncccn4)CC3)C2)cc1OCc1c(Cl)cccc1Cl. The molecule has 0 bridgehead atoms. The number of carbonyl (C=O) groups is 1. The smallest absolute Gasteiger partial charge is 0.253 e. The van der Waals surface area contributed by atoms with E-state index < -0.39 is 0 Å². The van der Waals surface area contributed by atoms with Crippen molar-refractivity contribution >= 4 is 40.9 Å². The lowest BCUT2D eigenvalue weighted by molar-refractivity contribution is -0.0151. The van der Waals surface area contributed by atoms with E-state index in [0.717, 1.165) is 38.3 Å². The monoisotopic (exact) mass is 528 g/mol. The Morgan fingerprint density at radius 2 is 1.89 bits per heavy atom. The van der Waals surface area contributed by atoms with Crippen LogP contribution in [0.25, 0.3) is 0 Å². The molecule has 36 heavy (non-hydrogen) atoms. The van der Waals surface area contributed by atoms with E-state index in [9.17, 15) is 4.79 Å². The van der Waals surface area contributed by atoms with Gasteiger partial charge < -0.3 is 25.4 Å². The highest BCUT2D eigenvalue weighted by atomic mass is 35.5. The molecule has 0 aliphatic carbocycles. The summed E-state index contributed by atoms with van der Waals surface area (Å²) in [6.07, 6.45) is 7.38. The fraction of sp³-hybridized carbons (Fsp3) is 0.360. The maximum Gasteiger partial charge on any atom is 0.253 e. The highest BCUT2D eigenvalue weighted by Gasteiger charge is 2.43. The van der Waals surface area contributed by atoms with Crippen LogP contribution >= 0.6 is 23.2 Å². The molecule has 2 aliphatic rings. The first-order chi connectivity index (χ1) is 17.4. The fourth-order valence-electron chi connectivity index (χ4n) is 4.64. The van der Waals surface area contributed by atoms with Crippen molar-refractivity contribution in [1.82, 2.24) is 20.3 Å². The average molecular weight is 529 g/mol. The number of nitrogen functional groups attached to an aromatic ring is 1. The summed E-state index contributed by atoms with van der Waals surface area (Å²) in [6, 6.07) is 8.50. The largest absolute Gasteiger partial charge is 0.485 e. The first kappa shape index (κ1) is 24.5. The molecule has 2 saturated heterocycles. The van der Waals surface area contributed by atoms with Crippen LogP contribution in [0.5, 0.6) is 5.75 Å². The molecule has 2 aliphatic heterocycles. The summed E-state index contributed by atoms with van der Waals surface area (Å²) < 4.78 is 12.0. The number of piperidine rings is 1. The Bertz CT molecular complexity index is 1220. The van der Waals surface area contributed by atoms with Gasteiger partial charge in [0.1, 0.15) is 6.61 Å². The van der Waals surface area contributed by atoms with Crippen molar-refractivity contribution in [2.45, 2.75) is 37.5 Å². The summed E-state index contributed by atoms with van der Waals surface area (Å²) in [5.41, 5.74) is 6.71. The molecule has 11 heteroatoms. The van der Waals surface area contributed by atoms with Gasteiger partial charge in [-0.2, -0.15) is 0 Å². The third-order valence-corrected chi connectivity index (χ3v) is 7.34. The number of anilines is 2. The molecule has 1 aromatic carbocycles. The van der Waals surface area contributed by atoms with Crippen LogP contribution < -0.4 is 20.7 Å². The molecule has 4 heterocycles. The van der Waals surface area contributed by atoms with Gasteiger partial charge in [-0.25, -0.2) is 15.0 Å². The van der Waals surface area contributed by atoms with E-state index in [1.165, 1.54) is 6.20 Å². The van der Waals surface area contributed by atoms with Crippen LogP contribution in [0, 0.1) is 0 Å². The molecule has 3 aromatic rings. The zero-order valence-electron chi connectivity index (χ0n) is 19.5. The van der Waals surface area contributed by atoms with Gasteiger partial charge in [-0.1, -0.05) is 29.3 Å². The predicted molar refractivity (Wildman–Crippen MR) is 137 cm³/mol. The molecule has 1 atom stereocenters. The summed E-state index contributed by atoms with van der Waals surface area (Å²) in [5.74, 6) is 0.935. The van der Waals surface area contributed by atoms with Crippen molar-refractivity contribution in [3.8, 4) is 5.75 Å². The van der Waals surface area contributed by atoms with Gasteiger partial charge in [-0.3, -0.25) is 4.79 Å². The van der Waals surface area contributed by atoms with Crippen molar-refractivity contribution in [2.24, 2.45) is 0 Å².